The van der Waals surface area contributed by atoms with Crippen LogP contribution in [0.2, 0.25) is 0 Å². The number of aryl methyl sites for hydroxylation is 1. The Morgan fingerprint density at radius 3 is 2.53 bits per heavy atom. The van der Waals surface area contributed by atoms with E-state index in [4.69, 9.17) is 5.11 Å². The van der Waals surface area contributed by atoms with Crippen LogP contribution in [0.15, 0.2) is 24.3 Å². The Kier molecular flexibility index (Phi) is 4.03. The van der Waals surface area contributed by atoms with E-state index in [-0.39, 0.29) is 12.2 Å². The van der Waals surface area contributed by atoms with Gasteiger partial charge in [0.1, 0.15) is 0 Å². The number of rotatable bonds is 5. The van der Waals surface area contributed by atoms with Gasteiger partial charge in [-0.3, -0.25) is 9.59 Å². The summed E-state index contributed by atoms with van der Waals surface area (Å²) in [6.07, 6.45) is 0.926. The molecule has 0 aromatic heterocycles. The minimum absolute atomic E-state index is 0.0635. The van der Waals surface area contributed by atoms with Crippen LogP contribution in [0.1, 0.15) is 35.7 Å². The first kappa shape index (κ1) is 11.4. The molecule has 0 saturated heterocycles. The summed E-state index contributed by atoms with van der Waals surface area (Å²) in [6.45, 7) is 1.80. The van der Waals surface area contributed by atoms with Gasteiger partial charge in [-0.05, 0) is 12.0 Å². The van der Waals surface area contributed by atoms with Crippen LogP contribution in [-0.2, 0) is 11.2 Å². The predicted molar refractivity (Wildman–Crippen MR) is 57.0 cm³/mol. The van der Waals surface area contributed by atoms with E-state index in [0.717, 1.165) is 5.56 Å². The molecule has 0 unspecified atom stereocenters. The minimum Gasteiger partial charge on any atom is -0.481 e. The summed E-state index contributed by atoms with van der Waals surface area (Å²) in [6, 6.07) is 7.19. The van der Waals surface area contributed by atoms with Crippen LogP contribution < -0.4 is 0 Å². The van der Waals surface area contributed by atoms with Gasteiger partial charge in [-0.1, -0.05) is 31.2 Å². The molecule has 0 aliphatic carbocycles. The van der Waals surface area contributed by atoms with Crippen LogP contribution in [0.3, 0.4) is 0 Å². The summed E-state index contributed by atoms with van der Waals surface area (Å²) in [4.78, 5) is 22.0. The van der Waals surface area contributed by atoms with Gasteiger partial charge in [-0.2, -0.15) is 0 Å². The zero-order chi connectivity index (χ0) is 11.3. The number of Topliss-reactive ketones (excluding diaryl/α,β-unsaturated/α-hetero) is 1. The molecule has 0 aliphatic heterocycles. The highest BCUT2D eigenvalue weighted by molar-refractivity contribution is 5.97. The van der Waals surface area contributed by atoms with Gasteiger partial charge < -0.3 is 5.11 Å². The van der Waals surface area contributed by atoms with E-state index < -0.39 is 5.97 Å². The molecule has 0 bridgehead atoms. The smallest absolute Gasteiger partial charge is 0.303 e. The van der Waals surface area contributed by atoms with Crippen molar-refractivity contribution in [3.63, 3.8) is 0 Å². The number of carboxylic acids is 1. The van der Waals surface area contributed by atoms with Crippen molar-refractivity contribution >= 4 is 11.8 Å². The number of hydrogen-bond donors (Lipinski definition) is 1. The molecule has 80 valence electrons. The van der Waals surface area contributed by atoms with Crippen molar-refractivity contribution < 1.29 is 14.7 Å². The van der Waals surface area contributed by atoms with Crippen LogP contribution in [0.25, 0.3) is 0 Å². The molecule has 0 radical (unpaired) electrons. The Bertz CT molecular complexity index is 369. The standard InChI is InChI=1S/C12H14O3/c1-2-11(13)10-6-4-3-5-9(10)7-8-12(14)15/h3-6H,2,7-8H2,1H3,(H,14,15). The number of carboxylic acid groups (broad SMARTS) is 1. The van der Waals surface area contributed by atoms with Gasteiger partial charge in [0.2, 0.25) is 0 Å². The molecule has 0 amide bonds. The van der Waals surface area contributed by atoms with Crippen molar-refractivity contribution in [1.29, 1.82) is 0 Å². The number of ketones is 1. The van der Waals surface area contributed by atoms with Gasteiger partial charge in [-0.15, -0.1) is 0 Å². The summed E-state index contributed by atoms with van der Waals surface area (Å²) in [5.74, 6) is -0.773. The van der Waals surface area contributed by atoms with Crippen molar-refractivity contribution in [2.75, 3.05) is 0 Å². The molecule has 15 heavy (non-hydrogen) atoms. The Morgan fingerprint density at radius 2 is 1.93 bits per heavy atom. The van der Waals surface area contributed by atoms with Gasteiger partial charge in [0, 0.05) is 18.4 Å². The van der Waals surface area contributed by atoms with Crippen molar-refractivity contribution in [3.8, 4) is 0 Å². The molecule has 0 atom stereocenters. The summed E-state index contributed by atoms with van der Waals surface area (Å²) in [5.41, 5.74) is 1.48. The molecule has 1 aromatic rings. The summed E-state index contributed by atoms with van der Waals surface area (Å²) in [7, 11) is 0. The first-order valence-electron chi connectivity index (χ1n) is 4.98. The normalized spacial score (nSPS) is 9.93. The zero-order valence-corrected chi connectivity index (χ0v) is 8.69. The fourth-order valence-corrected chi connectivity index (χ4v) is 1.44. The van der Waals surface area contributed by atoms with E-state index in [0.29, 0.717) is 18.4 Å². The maximum atomic E-state index is 11.5. The SMILES string of the molecule is CCC(=O)c1ccccc1CCC(=O)O. The highest BCUT2D eigenvalue weighted by Gasteiger charge is 2.09. The second-order valence-electron chi connectivity index (χ2n) is 3.33. The molecule has 3 heteroatoms. The molecule has 3 nitrogen and oxygen atoms in total. The predicted octanol–water partition coefficient (Wildman–Crippen LogP) is 2.30. The molecule has 1 N–H and O–H groups in total. The van der Waals surface area contributed by atoms with Gasteiger partial charge in [0.15, 0.2) is 5.78 Å². The first-order chi connectivity index (χ1) is 7.15. The minimum atomic E-state index is -0.839. The maximum Gasteiger partial charge on any atom is 0.303 e. The highest BCUT2D eigenvalue weighted by atomic mass is 16.4. The topological polar surface area (TPSA) is 54.4 Å². The number of aliphatic carboxylic acids is 1. The van der Waals surface area contributed by atoms with E-state index in [9.17, 15) is 9.59 Å². The fraction of sp³-hybridized carbons (Fsp3) is 0.333. The van der Waals surface area contributed by atoms with Crippen LogP contribution in [0, 0.1) is 0 Å². The average Bonchev–Trinajstić information content (AvgIpc) is 2.25. The molecular formula is C12H14O3. The lowest BCUT2D eigenvalue weighted by Crippen LogP contribution is -2.04. The Labute approximate surface area is 88.7 Å². The monoisotopic (exact) mass is 206 g/mol. The molecule has 0 heterocycles. The lowest BCUT2D eigenvalue weighted by atomic mass is 9.99. The van der Waals surface area contributed by atoms with Crippen LogP contribution >= 0.6 is 0 Å². The molecule has 1 aromatic carbocycles. The number of hydrogen-bond acceptors (Lipinski definition) is 2. The average molecular weight is 206 g/mol. The van der Waals surface area contributed by atoms with Crippen molar-refractivity contribution in [2.45, 2.75) is 26.2 Å². The van der Waals surface area contributed by atoms with Gasteiger partial charge >= 0.3 is 5.97 Å². The molecule has 0 saturated carbocycles. The van der Waals surface area contributed by atoms with E-state index in [1.54, 1.807) is 19.1 Å². The van der Waals surface area contributed by atoms with E-state index in [1.165, 1.54) is 0 Å². The lowest BCUT2D eigenvalue weighted by molar-refractivity contribution is -0.136. The van der Waals surface area contributed by atoms with Crippen LogP contribution in [0.4, 0.5) is 0 Å². The van der Waals surface area contributed by atoms with Gasteiger partial charge in [0.05, 0.1) is 0 Å². The van der Waals surface area contributed by atoms with Crippen molar-refractivity contribution in [1.82, 2.24) is 0 Å². The first-order valence-corrected chi connectivity index (χ1v) is 4.98. The molecule has 0 fully saturated rings. The third-order valence-electron chi connectivity index (χ3n) is 2.25. The summed E-state index contributed by atoms with van der Waals surface area (Å²) >= 11 is 0. The van der Waals surface area contributed by atoms with Crippen LogP contribution in [0.5, 0.6) is 0 Å². The van der Waals surface area contributed by atoms with Crippen LogP contribution in [-0.4, -0.2) is 16.9 Å². The fourth-order valence-electron chi connectivity index (χ4n) is 1.44. The zero-order valence-electron chi connectivity index (χ0n) is 8.69. The quantitative estimate of drug-likeness (QED) is 0.752. The number of carbonyl (C=O) groups excluding carboxylic acids is 1. The lowest BCUT2D eigenvalue weighted by Gasteiger charge is -2.05. The Balaban J connectivity index is 2.86. The summed E-state index contributed by atoms with van der Waals surface area (Å²) < 4.78 is 0. The Morgan fingerprint density at radius 1 is 1.27 bits per heavy atom. The second-order valence-corrected chi connectivity index (χ2v) is 3.33. The molecule has 1 rings (SSSR count). The number of carbonyl (C=O) groups is 2. The largest absolute Gasteiger partial charge is 0.481 e. The molecule has 0 spiro atoms. The second kappa shape index (κ2) is 5.29. The van der Waals surface area contributed by atoms with Gasteiger partial charge in [-0.25, -0.2) is 0 Å². The number of benzene rings is 1. The Hall–Kier alpha value is -1.64. The van der Waals surface area contributed by atoms with Crippen molar-refractivity contribution in [2.24, 2.45) is 0 Å². The maximum absolute atomic E-state index is 11.5. The van der Waals surface area contributed by atoms with Gasteiger partial charge in [0.25, 0.3) is 0 Å². The molecular weight excluding hydrogens is 192 g/mol. The van der Waals surface area contributed by atoms with E-state index >= 15 is 0 Å². The summed E-state index contributed by atoms with van der Waals surface area (Å²) in [5, 5.41) is 8.58. The third-order valence-corrected chi connectivity index (χ3v) is 2.25. The van der Waals surface area contributed by atoms with E-state index in [1.807, 2.05) is 12.1 Å². The molecule has 0 aliphatic rings. The highest BCUT2D eigenvalue weighted by Crippen LogP contribution is 2.13. The van der Waals surface area contributed by atoms with E-state index in [2.05, 4.69) is 0 Å². The third kappa shape index (κ3) is 3.20. The van der Waals surface area contributed by atoms with Crippen molar-refractivity contribution in [3.05, 3.63) is 35.4 Å².